The maximum absolute atomic E-state index is 11.6. The first-order chi connectivity index (χ1) is 8.84. The average molecular weight is 281 g/mol. The molecule has 0 aliphatic heterocycles. The van der Waals surface area contributed by atoms with Crippen LogP contribution in [0.1, 0.15) is 11.1 Å². The van der Waals surface area contributed by atoms with Crippen molar-refractivity contribution in [1.82, 2.24) is 5.32 Å². The minimum absolute atomic E-state index is 0.307. The predicted octanol–water partition coefficient (Wildman–Crippen LogP) is 0.989. The summed E-state index contributed by atoms with van der Waals surface area (Å²) in [6, 6.07) is 5.25. The quantitative estimate of drug-likeness (QED) is 0.479. The van der Waals surface area contributed by atoms with Crippen molar-refractivity contribution in [2.24, 2.45) is 10.7 Å². The van der Waals surface area contributed by atoms with E-state index < -0.39 is 9.84 Å². The lowest BCUT2D eigenvalue weighted by Gasteiger charge is -2.06. The van der Waals surface area contributed by atoms with Crippen molar-refractivity contribution in [3.8, 4) is 0 Å². The highest BCUT2D eigenvalue weighted by Gasteiger charge is 2.11. The van der Waals surface area contributed by atoms with E-state index in [-0.39, 0.29) is 0 Å². The van der Waals surface area contributed by atoms with E-state index in [0.29, 0.717) is 23.9 Å². The maximum Gasteiger partial charge on any atom is 0.189 e. The predicted molar refractivity (Wildman–Crippen MR) is 77.8 cm³/mol. The number of nitrogens with zero attached hydrogens (tertiary/aromatic N) is 1. The van der Waals surface area contributed by atoms with Gasteiger partial charge in [-0.1, -0.05) is 18.2 Å². The smallest absolute Gasteiger partial charge is 0.189 e. The molecule has 1 rings (SSSR count). The topological polar surface area (TPSA) is 84.5 Å². The molecule has 1 aromatic rings. The Morgan fingerprint density at radius 2 is 2.21 bits per heavy atom. The Labute approximate surface area is 114 Å². The average Bonchev–Trinajstić information content (AvgIpc) is 2.34. The lowest BCUT2D eigenvalue weighted by molar-refractivity contribution is 0.601. The second-order valence-electron chi connectivity index (χ2n) is 4.24. The van der Waals surface area contributed by atoms with Crippen molar-refractivity contribution in [2.75, 3.05) is 12.8 Å². The van der Waals surface area contributed by atoms with Crippen molar-refractivity contribution in [1.29, 1.82) is 0 Å². The van der Waals surface area contributed by atoms with Gasteiger partial charge in [-0.25, -0.2) is 13.4 Å². The number of aliphatic imine (C=N–C) groups is 1. The minimum Gasteiger partial charge on any atom is -0.370 e. The number of guanidine groups is 1. The molecule has 0 spiro atoms. The van der Waals surface area contributed by atoms with Crippen LogP contribution < -0.4 is 11.1 Å². The van der Waals surface area contributed by atoms with E-state index in [9.17, 15) is 8.42 Å². The number of nitrogens with two attached hydrogens (primary N) is 1. The largest absolute Gasteiger partial charge is 0.370 e. The van der Waals surface area contributed by atoms with Gasteiger partial charge < -0.3 is 11.1 Å². The first kappa shape index (κ1) is 15.2. The van der Waals surface area contributed by atoms with Gasteiger partial charge in [-0.15, -0.1) is 6.58 Å². The summed E-state index contributed by atoms with van der Waals surface area (Å²) in [4.78, 5) is 4.46. The van der Waals surface area contributed by atoms with E-state index in [1.807, 2.05) is 6.07 Å². The van der Waals surface area contributed by atoms with Crippen molar-refractivity contribution in [3.05, 3.63) is 42.0 Å². The molecule has 0 radical (unpaired) electrons. The van der Waals surface area contributed by atoms with Gasteiger partial charge in [-0.3, -0.25) is 0 Å². The van der Waals surface area contributed by atoms with E-state index in [4.69, 9.17) is 5.73 Å². The van der Waals surface area contributed by atoms with Crippen LogP contribution in [0.25, 0.3) is 0 Å². The number of rotatable bonds is 5. The van der Waals surface area contributed by atoms with Gasteiger partial charge in [0.05, 0.1) is 11.4 Å². The Morgan fingerprint density at radius 3 is 2.79 bits per heavy atom. The van der Waals surface area contributed by atoms with Crippen molar-refractivity contribution >= 4 is 15.8 Å². The van der Waals surface area contributed by atoms with E-state index in [1.165, 1.54) is 6.26 Å². The lowest BCUT2D eigenvalue weighted by Crippen LogP contribution is -2.31. The standard InChI is InChI=1S/C13H19N3O2S/c1-4-7-15-13(14)16-9-11-6-5-10(2)12(8-11)19(3,17)18/h4-6,8H,1,7,9H2,2-3H3,(H3,14,15,16). The molecule has 104 valence electrons. The summed E-state index contributed by atoms with van der Waals surface area (Å²) in [5.41, 5.74) is 7.16. The van der Waals surface area contributed by atoms with Crippen LogP contribution in [-0.2, 0) is 16.4 Å². The molecule has 0 fully saturated rings. The van der Waals surface area contributed by atoms with Gasteiger partial charge in [-0.2, -0.15) is 0 Å². The number of nitrogens with one attached hydrogen (secondary N) is 1. The van der Waals surface area contributed by atoms with Crippen LogP contribution in [0.3, 0.4) is 0 Å². The molecule has 0 amide bonds. The lowest BCUT2D eigenvalue weighted by atomic mass is 10.1. The monoisotopic (exact) mass is 281 g/mol. The van der Waals surface area contributed by atoms with Crippen LogP contribution >= 0.6 is 0 Å². The molecule has 0 bridgehead atoms. The third-order valence-electron chi connectivity index (χ3n) is 2.51. The zero-order valence-corrected chi connectivity index (χ0v) is 12.0. The number of hydrogen-bond acceptors (Lipinski definition) is 3. The molecule has 0 unspecified atom stereocenters. The highest BCUT2D eigenvalue weighted by molar-refractivity contribution is 7.90. The third kappa shape index (κ3) is 4.75. The number of hydrogen-bond donors (Lipinski definition) is 2. The first-order valence-electron chi connectivity index (χ1n) is 5.79. The maximum atomic E-state index is 11.6. The van der Waals surface area contributed by atoms with Gasteiger partial charge >= 0.3 is 0 Å². The molecule has 3 N–H and O–H groups in total. The van der Waals surface area contributed by atoms with Crippen molar-refractivity contribution in [3.63, 3.8) is 0 Å². The second kappa shape index (κ2) is 6.38. The SMILES string of the molecule is C=CCNC(N)=NCc1ccc(C)c(S(C)(=O)=O)c1. The molecule has 5 nitrogen and oxygen atoms in total. The van der Waals surface area contributed by atoms with Crippen molar-refractivity contribution < 1.29 is 8.42 Å². The fourth-order valence-electron chi connectivity index (χ4n) is 1.55. The molecule has 19 heavy (non-hydrogen) atoms. The van der Waals surface area contributed by atoms with Gasteiger partial charge in [0.2, 0.25) is 0 Å². The van der Waals surface area contributed by atoms with Crippen molar-refractivity contribution in [2.45, 2.75) is 18.4 Å². The van der Waals surface area contributed by atoms with Crippen LogP contribution in [0, 0.1) is 6.92 Å². The number of sulfone groups is 1. The summed E-state index contributed by atoms with van der Waals surface area (Å²) in [6.07, 6.45) is 2.87. The molecule has 6 heteroatoms. The van der Waals surface area contributed by atoms with Gasteiger partial charge in [0.25, 0.3) is 0 Å². The number of aryl methyl sites for hydroxylation is 1. The van der Waals surface area contributed by atoms with Crippen LogP contribution in [0.5, 0.6) is 0 Å². The van der Waals surface area contributed by atoms with E-state index in [2.05, 4.69) is 16.9 Å². The third-order valence-corrected chi connectivity index (χ3v) is 3.75. The first-order valence-corrected chi connectivity index (χ1v) is 7.68. The molecule has 0 saturated carbocycles. The summed E-state index contributed by atoms with van der Waals surface area (Å²) < 4.78 is 23.2. The molecule has 0 atom stereocenters. The van der Waals surface area contributed by atoms with Gasteiger partial charge in [0.15, 0.2) is 15.8 Å². The van der Waals surface area contributed by atoms with Crippen LogP contribution in [0.4, 0.5) is 0 Å². The summed E-state index contributed by atoms with van der Waals surface area (Å²) in [6.45, 7) is 6.20. The Hall–Kier alpha value is -1.82. The normalized spacial score (nSPS) is 12.2. The zero-order valence-electron chi connectivity index (χ0n) is 11.2. The Morgan fingerprint density at radius 1 is 1.53 bits per heavy atom. The summed E-state index contributed by atoms with van der Waals surface area (Å²) in [5.74, 6) is 0.307. The van der Waals surface area contributed by atoms with E-state index >= 15 is 0 Å². The van der Waals surface area contributed by atoms with Crippen LogP contribution in [-0.4, -0.2) is 27.2 Å². The van der Waals surface area contributed by atoms with Crippen LogP contribution in [0.2, 0.25) is 0 Å². The van der Waals surface area contributed by atoms with Gasteiger partial charge in [-0.05, 0) is 24.1 Å². The van der Waals surface area contributed by atoms with Gasteiger partial charge in [0.1, 0.15) is 0 Å². The Balaban J connectivity index is 2.89. The van der Waals surface area contributed by atoms with E-state index in [1.54, 1.807) is 25.1 Å². The van der Waals surface area contributed by atoms with E-state index in [0.717, 1.165) is 11.1 Å². The second-order valence-corrected chi connectivity index (χ2v) is 6.23. The molecule has 0 heterocycles. The molecular formula is C13H19N3O2S. The minimum atomic E-state index is -3.22. The molecule has 0 aliphatic rings. The van der Waals surface area contributed by atoms with Gasteiger partial charge in [0, 0.05) is 12.8 Å². The summed E-state index contributed by atoms with van der Waals surface area (Å²) in [5, 5.41) is 2.85. The fourth-order valence-corrected chi connectivity index (χ4v) is 2.57. The zero-order chi connectivity index (χ0) is 14.5. The van der Waals surface area contributed by atoms with Crippen LogP contribution in [0.15, 0.2) is 40.7 Å². The molecule has 0 aromatic heterocycles. The highest BCUT2D eigenvalue weighted by Crippen LogP contribution is 2.17. The fraction of sp³-hybridized carbons (Fsp3) is 0.308. The molecular weight excluding hydrogens is 262 g/mol. The molecule has 1 aromatic carbocycles. The Kier molecular flexibility index (Phi) is 5.11. The molecule has 0 saturated heterocycles. The Bertz CT molecular complexity index is 592. The number of benzene rings is 1. The highest BCUT2D eigenvalue weighted by atomic mass is 32.2. The molecule has 0 aliphatic carbocycles. The summed E-state index contributed by atoms with van der Waals surface area (Å²) >= 11 is 0. The summed E-state index contributed by atoms with van der Waals surface area (Å²) in [7, 11) is -3.22.